The van der Waals surface area contributed by atoms with Gasteiger partial charge >= 0.3 is 0 Å². The number of nitrogens with one attached hydrogen (secondary N) is 1. The minimum Gasteiger partial charge on any atom is -0.508 e. The maximum absolute atomic E-state index is 12.1. The van der Waals surface area contributed by atoms with Gasteiger partial charge in [-0.05, 0) is 48.4 Å². The van der Waals surface area contributed by atoms with Crippen molar-refractivity contribution in [2.75, 3.05) is 5.32 Å². The summed E-state index contributed by atoms with van der Waals surface area (Å²) in [6.45, 7) is 6.80. The summed E-state index contributed by atoms with van der Waals surface area (Å²) in [5.74, 6) is 1.06. The van der Waals surface area contributed by atoms with Gasteiger partial charge in [-0.2, -0.15) is 0 Å². The molecule has 1 aromatic rings. The fourth-order valence-corrected chi connectivity index (χ4v) is 2.77. The number of ketones is 1. The molecular weight excluding hydrogens is 262 g/mol. The smallest absolute Gasteiger partial charge is 0.160 e. The Balaban J connectivity index is 2.07. The standard InChI is InChI=1S/C18H25NO2/c1-4-18(2,3)14-5-10-17(21)13(11-14)12-19-15-6-8-16(20)9-7-15/h6-9,12,14,19-20H,4-5,10-11H2,1-3H3/b13-12+/t14-/m1/s1. The highest BCUT2D eigenvalue weighted by molar-refractivity contribution is 5.96. The Hall–Kier alpha value is -1.77. The molecule has 1 atom stereocenters. The third kappa shape index (κ3) is 3.87. The monoisotopic (exact) mass is 287 g/mol. The van der Waals surface area contributed by atoms with Crippen molar-refractivity contribution < 1.29 is 9.90 Å². The molecule has 1 aliphatic carbocycles. The lowest BCUT2D eigenvalue weighted by Crippen LogP contribution is -2.29. The van der Waals surface area contributed by atoms with Crippen LogP contribution >= 0.6 is 0 Å². The van der Waals surface area contributed by atoms with E-state index in [1.165, 1.54) is 0 Å². The van der Waals surface area contributed by atoms with Gasteiger partial charge in [0.25, 0.3) is 0 Å². The van der Waals surface area contributed by atoms with E-state index in [2.05, 4.69) is 26.1 Å². The van der Waals surface area contributed by atoms with Crippen molar-refractivity contribution in [3.63, 3.8) is 0 Å². The van der Waals surface area contributed by atoms with Crippen molar-refractivity contribution in [2.45, 2.75) is 46.5 Å². The molecule has 2 rings (SSSR count). The molecule has 0 heterocycles. The molecule has 2 N–H and O–H groups in total. The number of hydrogen-bond donors (Lipinski definition) is 2. The van der Waals surface area contributed by atoms with E-state index in [4.69, 9.17) is 0 Å². The Morgan fingerprint density at radius 3 is 2.62 bits per heavy atom. The van der Waals surface area contributed by atoms with Crippen LogP contribution in [-0.4, -0.2) is 10.9 Å². The molecule has 1 saturated carbocycles. The maximum atomic E-state index is 12.1. The molecule has 1 aromatic carbocycles. The number of anilines is 1. The van der Waals surface area contributed by atoms with E-state index in [0.29, 0.717) is 12.3 Å². The summed E-state index contributed by atoms with van der Waals surface area (Å²) in [5.41, 5.74) is 2.05. The molecule has 3 nitrogen and oxygen atoms in total. The molecule has 0 saturated heterocycles. The van der Waals surface area contributed by atoms with Crippen molar-refractivity contribution >= 4 is 11.5 Å². The lowest BCUT2D eigenvalue weighted by Gasteiger charge is -2.36. The van der Waals surface area contributed by atoms with Crippen molar-refractivity contribution in [1.82, 2.24) is 0 Å². The van der Waals surface area contributed by atoms with Crippen LogP contribution in [0.25, 0.3) is 0 Å². The SMILES string of the molecule is CCC(C)(C)[C@@H]1CCC(=O)/C(=C/Nc2ccc(O)cc2)C1. The quantitative estimate of drug-likeness (QED) is 0.633. The molecule has 0 bridgehead atoms. The van der Waals surface area contributed by atoms with E-state index < -0.39 is 0 Å². The second-order valence-electron chi connectivity index (χ2n) is 6.57. The molecule has 114 valence electrons. The van der Waals surface area contributed by atoms with Gasteiger partial charge in [0.2, 0.25) is 0 Å². The van der Waals surface area contributed by atoms with E-state index in [-0.39, 0.29) is 16.9 Å². The van der Waals surface area contributed by atoms with Crippen molar-refractivity contribution in [3.8, 4) is 5.75 Å². The molecule has 0 unspecified atom stereocenters. The van der Waals surface area contributed by atoms with Crippen LogP contribution in [0.5, 0.6) is 5.75 Å². The van der Waals surface area contributed by atoms with E-state index in [1.807, 2.05) is 6.20 Å². The Labute approximate surface area is 127 Å². The third-order valence-corrected chi connectivity index (χ3v) is 4.84. The van der Waals surface area contributed by atoms with Gasteiger partial charge in [-0.25, -0.2) is 0 Å². The second kappa shape index (κ2) is 6.33. The summed E-state index contributed by atoms with van der Waals surface area (Å²) in [5, 5.41) is 12.4. The molecule has 0 aliphatic heterocycles. The first-order valence-corrected chi connectivity index (χ1v) is 7.70. The van der Waals surface area contributed by atoms with E-state index in [9.17, 15) is 9.90 Å². The van der Waals surface area contributed by atoms with E-state index >= 15 is 0 Å². The number of phenols is 1. The minimum atomic E-state index is 0.242. The van der Waals surface area contributed by atoms with Gasteiger partial charge in [0, 0.05) is 23.9 Å². The summed E-state index contributed by atoms with van der Waals surface area (Å²) in [6.07, 6.45) is 5.47. The third-order valence-electron chi connectivity index (χ3n) is 4.84. The zero-order chi connectivity index (χ0) is 15.5. The predicted octanol–water partition coefficient (Wildman–Crippen LogP) is 4.49. The van der Waals surface area contributed by atoms with Gasteiger partial charge < -0.3 is 10.4 Å². The summed E-state index contributed by atoms with van der Waals surface area (Å²) in [7, 11) is 0. The van der Waals surface area contributed by atoms with Crippen LogP contribution in [0.3, 0.4) is 0 Å². The largest absolute Gasteiger partial charge is 0.508 e. The number of Topliss-reactive ketones (excluding diaryl/α,β-unsaturated/α-hetero) is 1. The first kappa shape index (κ1) is 15.6. The summed E-state index contributed by atoms with van der Waals surface area (Å²) >= 11 is 0. The van der Waals surface area contributed by atoms with Crippen LogP contribution in [-0.2, 0) is 4.79 Å². The van der Waals surface area contributed by atoms with Gasteiger partial charge in [-0.1, -0.05) is 27.2 Å². The van der Waals surface area contributed by atoms with Gasteiger partial charge in [-0.15, -0.1) is 0 Å². The first-order chi connectivity index (χ1) is 9.92. The number of benzene rings is 1. The topological polar surface area (TPSA) is 49.3 Å². The number of hydrogen-bond acceptors (Lipinski definition) is 3. The van der Waals surface area contributed by atoms with Crippen LogP contribution in [0, 0.1) is 11.3 Å². The van der Waals surface area contributed by atoms with Crippen molar-refractivity contribution in [3.05, 3.63) is 36.0 Å². The average molecular weight is 287 g/mol. The summed E-state index contributed by atoms with van der Waals surface area (Å²) in [4.78, 5) is 12.1. The number of allylic oxidation sites excluding steroid dienone is 1. The summed E-state index contributed by atoms with van der Waals surface area (Å²) < 4.78 is 0. The van der Waals surface area contributed by atoms with Gasteiger partial charge in [0.1, 0.15) is 5.75 Å². The van der Waals surface area contributed by atoms with Gasteiger partial charge in [-0.3, -0.25) is 4.79 Å². The molecule has 21 heavy (non-hydrogen) atoms. The van der Waals surface area contributed by atoms with Gasteiger partial charge in [0.15, 0.2) is 5.78 Å². The molecule has 0 radical (unpaired) electrons. The maximum Gasteiger partial charge on any atom is 0.160 e. The van der Waals surface area contributed by atoms with E-state index in [0.717, 1.165) is 30.5 Å². The highest BCUT2D eigenvalue weighted by Gasteiger charge is 2.33. The number of rotatable bonds is 4. The van der Waals surface area contributed by atoms with Crippen LogP contribution in [0.4, 0.5) is 5.69 Å². The molecule has 0 aromatic heterocycles. The lowest BCUT2D eigenvalue weighted by molar-refractivity contribution is -0.117. The molecule has 0 amide bonds. The second-order valence-corrected chi connectivity index (χ2v) is 6.57. The lowest BCUT2D eigenvalue weighted by atomic mass is 9.68. The molecule has 1 aliphatic rings. The van der Waals surface area contributed by atoms with E-state index in [1.54, 1.807) is 24.3 Å². The van der Waals surface area contributed by atoms with Crippen LogP contribution in [0.15, 0.2) is 36.0 Å². The molecule has 1 fully saturated rings. The summed E-state index contributed by atoms with van der Waals surface area (Å²) in [6, 6.07) is 6.86. The zero-order valence-electron chi connectivity index (χ0n) is 13.1. The average Bonchev–Trinajstić information content (AvgIpc) is 2.48. The number of carbonyl (C=O) groups is 1. The minimum absolute atomic E-state index is 0.242. The van der Waals surface area contributed by atoms with Gasteiger partial charge in [0.05, 0.1) is 0 Å². The Bertz CT molecular complexity index is 529. The highest BCUT2D eigenvalue weighted by Crippen LogP contribution is 2.41. The fourth-order valence-electron chi connectivity index (χ4n) is 2.77. The fraction of sp³-hybridized carbons (Fsp3) is 0.500. The molecular formula is C18H25NO2. The Kier molecular flexibility index (Phi) is 4.71. The van der Waals surface area contributed by atoms with Crippen molar-refractivity contribution in [1.29, 1.82) is 0 Å². The first-order valence-electron chi connectivity index (χ1n) is 7.70. The normalized spacial score (nSPS) is 21.6. The Morgan fingerprint density at radius 2 is 2.00 bits per heavy atom. The van der Waals surface area contributed by atoms with Crippen LogP contribution in [0.2, 0.25) is 0 Å². The van der Waals surface area contributed by atoms with Crippen LogP contribution in [0.1, 0.15) is 46.5 Å². The van der Waals surface area contributed by atoms with Crippen molar-refractivity contribution in [2.24, 2.45) is 11.3 Å². The molecule has 0 spiro atoms. The number of phenolic OH excluding ortho intramolecular Hbond substituents is 1. The predicted molar refractivity (Wildman–Crippen MR) is 86.2 cm³/mol. The Morgan fingerprint density at radius 1 is 1.33 bits per heavy atom. The zero-order valence-corrected chi connectivity index (χ0v) is 13.1. The number of aromatic hydroxyl groups is 1. The molecule has 3 heteroatoms. The highest BCUT2D eigenvalue weighted by atomic mass is 16.3. The van der Waals surface area contributed by atoms with Crippen LogP contribution < -0.4 is 5.32 Å². The number of carbonyl (C=O) groups excluding carboxylic acids is 1.